The van der Waals surface area contributed by atoms with E-state index in [0.717, 1.165) is 10.0 Å². The fourth-order valence-corrected chi connectivity index (χ4v) is 2.32. The first-order chi connectivity index (χ1) is 7.58. The van der Waals surface area contributed by atoms with E-state index >= 15 is 0 Å². The summed E-state index contributed by atoms with van der Waals surface area (Å²) in [6.07, 6.45) is 0.308. The highest BCUT2D eigenvalue weighted by Crippen LogP contribution is 2.22. The molecule has 1 saturated heterocycles. The van der Waals surface area contributed by atoms with E-state index in [2.05, 4.69) is 15.9 Å². The summed E-state index contributed by atoms with van der Waals surface area (Å²) in [6.45, 7) is 3.04. The van der Waals surface area contributed by atoms with Crippen LogP contribution < -0.4 is 0 Å². The van der Waals surface area contributed by atoms with Crippen molar-refractivity contribution in [3.8, 4) is 0 Å². The monoisotopic (exact) mass is 283 g/mol. The molecule has 0 aliphatic carbocycles. The Morgan fingerprint density at radius 3 is 2.94 bits per heavy atom. The van der Waals surface area contributed by atoms with Gasteiger partial charge in [0.15, 0.2) is 0 Å². The van der Waals surface area contributed by atoms with Gasteiger partial charge in [0.1, 0.15) is 0 Å². The Bertz CT molecular complexity index is 419. The molecule has 0 saturated carbocycles. The van der Waals surface area contributed by atoms with Crippen LogP contribution in [-0.4, -0.2) is 35.1 Å². The molecule has 1 heterocycles. The molecule has 1 aliphatic heterocycles. The summed E-state index contributed by atoms with van der Waals surface area (Å²) in [6, 6.07) is 5.71. The molecular weight excluding hydrogens is 270 g/mol. The van der Waals surface area contributed by atoms with Crippen molar-refractivity contribution >= 4 is 21.8 Å². The van der Waals surface area contributed by atoms with Crippen molar-refractivity contribution < 1.29 is 9.90 Å². The molecule has 1 atom stereocenters. The van der Waals surface area contributed by atoms with Gasteiger partial charge >= 0.3 is 0 Å². The molecule has 0 aromatic heterocycles. The van der Waals surface area contributed by atoms with E-state index < -0.39 is 0 Å². The number of likely N-dealkylation sites (tertiary alicyclic amines) is 1. The summed E-state index contributed by atoms with van der Waals surface area (Å²) in [5.41, 5.74) is 1.74. The Balaban J connectivity index is 2.23. The number of halogens is 1. The van der Waals surface area contributed by atoms with Crippen LogP contribution in [0.4, 0.5) is 0 Å². The van der Waals surface area contributed by atoms with E-state index in [0.29, 0.717) is 25.1 Å². The first-order valence-corrected chi connectivity index (χ1v) is 6.10. The SMILES string of the molecule is Cc1ccc(Br)c(C(=O)N2CC[C@@H](O)C2)c1. The van der Waals surface area contributed by atoms with Crippen LogP contribution in [0.1, 0.15) is 22.3 Å². The Labute approximate surface area is 103 Å². The third kappa shape index (κ3) is 2.28. The van der Waals surface area contributed by atoms with Crippen molar-refractivity contribution in [2.45, 2.75) is 19.4 Å². The van der Waals surface area contributed by atoms with Crippen LogP contribution in [0.2, 0.25) is 0 Å². The average Bonchev–Trinajstić information content (AvgIpc) is 2.67. The Morgan fingerprint density at radius 2 is 2.31 bits per heavy atom. The average molecular weight is 284 g/mol. The maximum Gasteiger partial charge on any atom is 0.255 e. The van der Waals surface area contributed by atoms with Crippen LogP contribution in [0.15, 0.2) is 22.7 Å². The predicted molar refractivity (Wildman–Crippen MR) is 65.4 cm³/mol. The molecule has 1 fully saturated rings. The third-order valence-corrected chi connectivity index (χ3v) is 3.49. The normalized spacial score (nSPS) is 20.2. The summed E-state index contributed by atoms with van der Waals surface area (Å²) < 4.78 is 0.810. The van der Waals surface area contributed by atoms with E-state index in [-0.39, 0.29) is 12.0 Å². The zero-order valence-corrected chi connectivity index (χ0v) is 10.7. The van der Waals surface area contributed by atoms with Gasteiger partial charge in [0.2, 0.25) is 0 Å². The summed E-state index contributed by atoms with van der Waals surface area (Å²) in [7, 11) is 0. The number of rotatable bonds is 1. The van der Waals surface area contributed by atoms with Crippen LogP contribution in [0.25, 0.3) is 0 Å². The van der Waals surface area contributed by atoms with E-state index in [9.17, 15) is 9.90 Å². The summed E-state index contributed by atoms with van der Waals surface area (Å²) in [5.74, 6) is -0.00729. The highest BCUT2D eigenvalue weighted by Gasteiger charge is 2.26. The second kappa shape index (κ2) is 4.55. The summed E-state index contributed by atoms with van der Waals surface area (Å²) in [5, 5.41) is 9.41. The molecule has 1 amide bonds. The van der Waals surface area contributed by atoms with Crippen LogP contribution >= 0.6 is 15.9 Å². The first kappa shape index (κ1) is 11.6. The smallest absolute Gasteiger partial charge is 0.255 e. The van der Waals surface area contributed by atoms with Crippen LogP contribution in [-0.2, 0) is 0 Å². The van der Waals surface area contributed by atoms with Gasteiger partial charge in [-0.05, 0) is 41.4 Å². The molecule has 2 rings (SSSR count). The minimum Gasteiger partial charge on any atom is -0.391 e. The number of hydrogen-bond donors (Lipinski definition) is 1. The third-order valence-electron chi connectivity index (χ3n) is 2.80. The molecule has 1 aromatic rings. The van der Waals surface area contributed by atoms with Crippen LogP contribution in [0.5, 0.6) is 0 Å². The van der Waals surface area contributed by atoms with Crippen molar-refractivity contribution in [2.24, 2.45) is 0 Å². The molecule has 1 aliphatic rings. The maximum absolute atomic E-state index is 12.2. The highest BCUT2D eigenvalue weighted by atomic mass is 79.9. The van der Waals surface area contributed by atoms with Crippen LogP contribution in [0.3, 0.4) is 0 Å². The largest absolute Gasteiger partial charge is 0.391 e. The number of hydrogen-bond acceptors (Lipinski definition) is 2. The number of carbonyl (C=O) groups is 1. The topological polar surface area (TPSA) is 40.5 Å². The van der Waals surface area contributed by atoms with Crippen LogP contribution in [0, 0.1) is 6.92 Å². The van der Waals surface area contributed by atoms with Gasteiger partial charge in [0.25, 0.3) is 5.91 Å². The van der Waals surface area contributed by atoms with Crippen molar-refractivity contribution in [3.63, 3.8) is 0 Å². The molecule has 16 heavy (non-hydrogen) atoms. The molecule has 0 spiro atoms. The quantitative estimate of drug-likeness (QED) is 0.856. The second-order valence-corrected chi connectivity index (χ2v) is 5.03. The molecule has 0 unspecified atom stereocenters. The zero-order valence-electron chi connectivity index (χ0n) is 9.11. The van der Waals surface area contributed by atoms with Gasteiger partial charge < -0.3 is 10.0 Å². The number of amides is 1. The van der Waals surface area contributed by atoms with Crippen molar-refractivity contribution in [1.82, 2.24) is 4.90 Å². The molecule has 3 nitrogen and oxygen atoms in total. The van der Waals surface area contributed by atoms with E-state index in [4.69, 9.17) is 0 Å². The predicted octanol–water partition coefficient (Wildman–Crippen LogP) is 1.96. The van der Waals surface area contributed by atoms with Crippen molar-refractivity contribution in [2.75, 3.05) is 13.1 Å². The number of aliphatic hydroxyl groups is 1. The summed E-state index contributed by atoms with van der Waals surface area (Å²) in [4.78, 5) is 13.8. The highest BCUT2D eigenvalue weighted by molar-refractivity contribution is 9.10. The minimum absolute atomic E-state index is 0.00729. The molecule has 0 bridgehead atoms. The Morgan fingerprint density at radius 1 is 1.56 bits per heavy atom. The molecule has 4 heteroatoms. The standard InChI is InChI=1S/C12H14BrNO2/c1-8-2-3-11(13)10(6-8)12(16)14-5-4-9(15)7-14/h2-3,6,9,15H,4-5,7H2,1H3/t9-/m1/s1. The number of nitrogens with zero attached hydrogens (tertiary/aromatic N) is 1. The number of aliphatic hydroxyl groups excluding tert-OH is 1. The molecule has 1 N–H and O–H groups in total. The fourth-order valence-electron chi connectivity index (χ4n) is 1.90. The fraction of sp³-hybridized carbons (Fsp3) is 0.417. The maximum atomic E-state index is 12.2. The van der Waals surface area contributed by atoms with E-state index in [1.165, 1.54) is 0 Å². The second-order valence-electron chi connectivity index (χ2n) is 4.18. The lowest BCUT2D eigenvalue weighted by atomic mass is 10.1. The van der Waals surface area contributed by atoms with Gasteiger partial charge in [-0.1, -0.05) is 11.6 Å². The summed E-state index contributed by atoms with van der Waals surface area (Å²) >= 11 is 3.38. The lowest BCUT2D eigenvalue weighted by Gasteiger charge is -2.16. The lowest BCUT2D eigenvalue weighted by Crippen LogP contribution is -2.29. The van der Waals surface area contributed by atoms with E-state index in [1.807, 2.05) is 25.1 Å². The molecule has 86 valence electrons. The van der Waals surface area contributed by atoms with Gasteiger partial charge in [0.05, 0.1) is 11.7 Å². The number of benzene rings is 1. The minimum atomic E-state index is -0.368. The van der Waals surface area contributed by atoms with Gasteiger partial charge in [-0.15, -0.1) is 0 Å². The number of aryl methyl sites for hydroxylation is 1. The van der Waals surface area contributed by atoms with Gasteiger partial charge in [-0.3, -0.25) is 4.79 Å². The van der Waals surface area contributed by atoms with Gasteiger partial charge in [-0.25, -0.2) is 0 Å². The zero-order chi connectivity index (χ0) is 11.7. The van der Waals surface area contributed by atoms with Crippen molar-refractivity contribution in [3.05, 3.63) is 33.8 Å². The Hall–Kier alpha value is -0.870. The first-order valence-electron chi connectivity index (χ1n) is 5.31. The number of carbonyl (C=O) groups excluding carboxylic acids is 1. The van der Waals surface area contributed by atoms with Gasteiger partial charge in [0, 0.05) is 17.6 Å². The van der Waals surface area contributed by atoms with E-state index in [1.54, 1.807) is 4.90 Å². The molecule has 0 radical (unpaired) electrons. The number of β-amino-alcohol motifs (C(OH)–C–C–N with tert-alkyl or cyclic N) is 1. The lowest BCUT2D eigenvalue weighted by molar-refractivity contribution is 0.0764. The molecular formula is C12H14BrNO2. The van der Waals surface area contributed by atoms with Gasteiger partial charge in [-0.2, -0.15) is 0 Å². The molecule has 1 aromatic carbocycles. The van der Waals surface area contributed by atoms with Crippen molar-refractivity contribution in [1.29, 1.82) is 0 Å². The Kier molecular flexibility index (Phi) is 3.30.